The molecule has 3 aromatic carbocycles. The Bertz CT molecular complexity index is 1900. The summed E-state index contributed by atoms with van der Waals surface area (Å²) in [4.78, 5) is 31.4. The van der Waals surface area contributed by atoms with Gasteiger partial charge in [-0.25, -0.2) is 4.39 Å². The zero-order valence-corrected chi connectivity index (χ0v) is 23.7. The summed E-state index contributed by atoms with van der Waals surface area (Å²) in [5.74, 6) is -2.98. The zero-order chi connectivity index (χ0) is 31.1. The van der Waals surface area contributed by atoms with Crippen LogP contribution in [-0.4, -0.2) is 33.2 Å². The highest BCUT2D eigenvalue weighted by molar-refractivity contribution is 6.35. The van der Waals surface area contributed by atoms with Crippen molar-refractivity contribution in [1.29, 1.82) is 0 Å². The summed E-state index contributed by atoms with van der Waals surface area (Å²) >= 11 is 11.7. The zero-order valence-electron chi connectivity index (χ0n) is 22.2. The topological polar surface area (TPSA) is 151 Å². The molecule has 0 radical (unpaired) electrons. The minimum atomic E-state index is -0.882. The van der Waals surface area contributed by atoms with Crippen molar-refractivity contribution in [3.63, 3.8) is 0 Å². The average Bonchev–Trinajstić information content (AvgIpc) is 3.65. The molecule has 0 saturated heterocycles. The molecule has 0 unspecified atom stereocenters. The summed E-state index contributed by atoms with van der Waals surface area (Å²) in [5.41, 5.74) is 3.81. The molecule has 0 bridgehead atoms. The van der Waals surface area contributed by atoms with E-state index in [0.717, 1.165) is 16.3 Å². The lowest BCUT2D eigenvalue weighted by Gasteiger charge is -1.94. The van der Waals surface area contributed by atoms with Gasteiger partial charge in [0.2, 0.25) is 0 Å². The van der Waals surface area contributed by atoms with Crippen molar-refractivity contribution < 1.29 is 47.3 Å². The van der Waals surface area contributed by atoms with Crippen molar-refractivity contribution in [3.8, 4) is 0 Å². The van der Waals surface area contributed by atoms with E-state index in [2.05, 4.69) is 0 Å². The molecule has 43 heavy (non-hydrogen) atoms. The van der Waals surface area contributed by atoms with Crippen LogP contribution in [-0.2, 0) is 33.6 Å². The standard InChI is InChI=1S/C11H9FO3.2C10H7ClO3/c12-8-2-3-10-9(5-8)7(6-15-10)1-4-11(13)14;11-7-1-2-9-8(4-7)6(5-14-9)3-10(12)13;11-8-3-1-2-7-6(4-9(12)13)5-14-10(7)8/h2-3,5-6H,1,4H2,(H,13,14);1-2,4-5H,3H2,(H,12,13);1-3,5H,4H2,(H,12,13). The third-order valence-electron chi connectivity index (χ3n) is 6.15. The van der Waals surface area contributed by atoms with Crippen LogP contribution >= 0.6 is 23.2 Å². The van der Waals surface area contributed by atoms with E-state index in [-0.39, 0.29) is 25.1 Å². The molecule has 0 fully saturated rings. The summed E-state index contributed by atoms with van der Waals surface area (Å²) in [7, 11) is 0. The van der Waals surface area contributed by atoms with Gasteiger partial charge in [-0.1, -0.05) is 35.3 Å². The molecule has 0 spiro atoms. The van der Waals surface area contributed by atoms with Gasteiger partial charge in [0.1, 0.15) is 17.0 Å². The minimum absolute atomic E-state index is 0.0190. The van der Waals surface area contributed by atoms with Gasteiger partial charge in [-0.3, -0.25) is 14.4 Å². The second kappa shape index (κ2) is 13.9. The number of carbonyl (C=O) groups is 3. The first-order valence-corrected chi connectivity index (χ1v) is 13.4. The second-order valence-corrected chi connectivity index (χ2v) is 10.1. The van der Waals surface area contributed by atoms with Crippen LogP contribution in [0.3, 0.4) is 0 Å². The molecule has 0 atom stereocenters. The fourth-order valence-electron chi connectivity index (χ4n) is 4.22. The molecule has 0 aliphatic heterocycles. The van der Waals surface area contributed by atoms with Crippen molar-refractivity contribution in [2.75, 3.05) is 0 Å². The third kappa shape index (κ3) is 8.15. The molecule has 0 aliphatic carbocycles. The number of rotatable bonds is 7. The number of furan rings is 3. The van der Waals surface area contributed by atoms with Gasteiger partial charge in [0.05, 0.1) is 36.7 Å². The summed E-state index contributed by atoms with van der Waals surface area (Å²) in [5, 5.41) is 29.1. The highest BCUT2D eigenvalue weighted by Crippen LogP contribution is 2.28. The summed E-state index contributed by atoms with van der Waals surface area (Å²) < 4.78 is 28.5. The van der Waals surface area contributed by atoms with E-state index in [1.807, 2.05) is 0 Å². The first-order chi connectivity index (χ1) is 20.5. The van der Waals surface area contributed by atoms with E-state index < -0.39 is 17.9 Å². The molecule has 6 aromatic rings. The number of fused-ring (bicyclic) bond motifs is 3. The predicted molar refractivity (Wildman–Crippen MR) is 157 cm³/mol. The summed E-state index contributed by atoms with van der Waals surface area (Å²) in [6.07, 6.45) is 4.64. The van der Waals surface area contributed by atoms with Crippen molar-refractivity contribution in [2.24, 2.45) is 0 Å². The van der Waals surface area contributed by atoms with Crippen molar-refractivity contribution >= 4 is 74.0 Å². The van der Waals surface area contributed by atoms with Gasteiger partial charge in [-0.2, -0.15) is 0 Å². The van der Waals surface area contributed by atoms with Gasteiger partial charge in [0.25, 0.3) is 0 Å². The van der Waals surface area contributed by atoms with Gasteiger partial charge >= 0.3 is 17.9 Å². The Balaban J connectivity index is 0.000000148. The van der Waals surface area contributed by atoms with Gasteiger partial charge in [0.15, 0.2) is 5.58 Å². The number of carboxylic acids is 3. The maximum absolute atomic E-state index is 12.9. The van der Waals surface area contributed by atoms with Crippen molar-refractivity contribution in [1.82, 2.24) is 0 Å². The van der Waals surface area contributed by atoms with E-state index in [0.29, 0.717) is 49.7 Å². The number of para-hydroxylation sites is 1. The lowest BCUT2D eigenvalue weighted by atomic mass is 10.1. The molecule has 222 valence electrons. The summed E-state index contributed by atoms with van der Waals surface area (Å²) in [6, 6.07) is 14.6. The molecule has 3 N–H and O–H groups in total. The Hall–Kier alpha value is -4.80. The Morgan fingerprint density at radius 2 is 1.26 bits per heavy atom. The Labute approximate surface area is 252 Å². The lowest BCUT2D eigenvalue weighted by Crippen LogP contribution is -1.98. The second-order valence-electron chi connectivity index (χ2n) is 9.22. The molecule has 3 heterocycles. The van der Waals surface area contributed by atoms with Crippen LogP contribution < -0.4 is 0 Å². The Kier molecular flexibility index (Phi) is 10.1. The van der Waals surface area contributed by atoms with Crippen LogP contribution in [0.1, 0.15) is 23.1 Å². The normalized spacial score (nSPS) is 10.7. The maximum atomic E-state index is 12.9. The van der Waals surface area contributed by atoms with E-state index >= 15 is 0 Å². The molecule has 12 heteroatoms. The summed E-state index contributed by atoms with van der Waals surface area (Å²) in [6.45, 7) is 0. The van der Waals surface area contributed by atoms with E-state index in [4.69, 9.17) is 51.8 Å². The van der Waals surface area contributed by atoms with Crippen molar-refractivity contribution in [2.45, 2.75) is 25.7 Å². The predicted octanol–water partition coefficient (Wildman–Crippen LogP) is 8.02. The average molecular weight is 629 g/mol. The molecule has 9 nitrogen and oxygen atoms in total. The minimum Gasteiger partial charge on any atom is -0.481 e. The largest absolute Gasteiger partial charge is 0.481 e. The number of halogens is 3. The highest BCUT2D eigenvalue weighted by Gasteiger charge is 2.12. The van der Waals surface area contributed by atoms with Crippen LogP contribution in [0.25, 0.3) is 32.9 Å². The van der Waals surface area contributed by atoms with E-state index in [1.54, 1.807) is 36.4 Å². The smallest absolute Gasteiger partial charge is 0.307 e. The van der Waals surface area contributed by atoms with Gasteiger partial charge in [0, 0.05) is 38.7 Å². The number of carboxylic acid groups (broad SMARTS) is 3. The fourth-order valence-corrected chi connectivity index (χ4v) is 4.61. The molecule has 0 saturated carbocycles. The molecule has 0 aliphatic rings. The first kappa shape index (κ1) is 31.1. The fraction of sp³-hybridized carbons (Fsp3) is 0.129. The Morgan fingerprint density at radius 1 is 0.674 bits per heavy atom. The van der Waals surface area contributed by atoms with Crippen LogP contribution in [0.2, 0.25) is 10.0 Å². The SMILES string of the molecule is O=C(O)CCc1coc2ccc(F)cc12.O=C(O)Cc1coc2c(Cl)cccc12.O=C(O)Cc1coc2ccc(Cl)cc12. The van der Waals surface area contributed by atoms with Crippen LogP contribution in [0.5, 0.6) is 0 Å². The lowest BCUT2D eigenvalue weighted by molar-refractivity contribution is -0.137. The molecular formula is C31H23Cl2FO9. The number of benzene rings is 3. The molecule has 6 rings (SSSR count). The molecular weight excluding hydrogens is 606 g/mol. The Morgan fingerprint density at radius 3 is 1.91 bits per heavy atom. The monoisotopic (exact) mass is 628 g/mol. The quantitative estimate of drug-likeness (QED) is 0.159. The number of aliphatic carboxylic acids is 3. The molecule has 0 amide bonds. The van der Waals surface area contributed by atoms with Crippen LogP contribution in [0.4, 0.5) is 4.39 Å². The van der Waals surface area contributed by atoms with Gasteiger partial charge < -0.3 is 28.6 Å². The highest BCUT2D eigenvalue weighted by atomic mass is 35.5. The number of hydrogen-bond donors (Lipinski definition) is 3. The van der Waals surface area contributed by atoms with Crippen LogP contribution in [0, 0.1) is 5.82 Å². The third-order valence-corrected chi connectivity index (χ3v) is 6.69. The van der Waals surface area contributed by atoms with Crippen molar-refractivity contribution in [3.05, 3.63) is 106 Å². The number of hydrogen-bond acceptors (Lipinski definition) is 6. The van der Waals surface area contributed by atoms with Gasteiger partial charge in [-0.05, 0) is 54.4 Å². The van der Waals surface area contributed by atoms with Gasteiger partial charge in [-0.15, -0.1) is 0 Å². The van der Waals surface area contributed by atoms with E-state index in [1.165, 1.54) is 37.0 Å². The first-order valence-electron chi connectivity index (χ1n) is 12.6. The van der Waals surface area contributed by atoms with E-state index in [9.17, 15) is 18.8 Å². The molecule has 3 aromatic heterocycles. The number of aryl methyl sites for hydroxylation is 1. The maximum Gasteiger partial charge on any atom is 0.307 e. The van der Waals surface area contributed by atoms with Crippen LogP contribution in [0.15, 0.2) is 86.6 Å².